The zero-order chi connectivity index (χ0) is 17.9. The highest BCUT2D eigenvalue weighted by atomic mass is 35.5. The van der Waals surface area contributed by atoms with Crippen molar-refractivity contribution in [1.82, 2.24) is 5.32 Å². The van der Waals surface area contributed by atoms with Crippen LogP contribution in [0.3, 0.4) is 0 Å². The first-order valence-corrected chi connectivity index (χ1v) is 10.1. The van der Waals surface area contributed by atoms with Crippen LogP contribution in [0.4, 0.5) is 0 Å². The van der Waals surface area contributed by atoms with Gasteiger partial charge in [0.25, 0.3) is 5.91 Å². The summed E-state index contributed by atoms with van der Waals surface area (Å²) in [6, 6.07) is 8.90. The number of furan rings is 1. The average Bonchev–Trinajstić information content (AvgIpc) is 3.05. The van der Waals surface area contributed by atoms with E-state index in [1.165, 1.54) is 19.3 Å². The van der Waals surface area contributed by atoms with E-state index in [2.05, 4.69) is 5.32 Å². The first kappa shape index (κ1) is 16.7. The van der Waals surface area contributed by atoms with Crippen LogP contribution in [0.25, 0.3) is 11.3 Å². The largest absolute Gasteiger partial charge is 0.451 e. The van der Waals surface area contributed by atoms with Crippen LogP contribution in [0.2, 0.25) is 10.0 Å². The van der Waals surface area contributed by atoms with Gasteiger partial charge in [-0.15, -0.1) is 0 Å². The van der Waals surface area contributed by atoms with Crippen molar-refractivity contribution in [1.29, 1.82) is 0 Å². The minimum atomic E-state index is -0.114. The van der Waals surface area contributed by atoms with Crippen molar-refractivity contribution in [2.75, 3.05) is 0 Å². The van der Waals surface area contributed by atoms with Gasteiger partial charge in [-0.1, -0.05) is 29.3 Å². The molecule has 1 amide bonds. The van der Waals surface area contributed by atoms with Gasteiger partial charge in [0.15, 0.2) is 5.76 Å². The van der Waals surface area contributed by atoms with Gasteiger partial charge >= 0.3 is 0 Å². The summed E-state index contributed by atoms with van der Waals surface area (Å²) in [7, 11) is 0. The van der Waals surface area contributed by atoms with Crippen molar-refractivity contribution in [2.24, 2.45) is 17.8 Å². The molecule has 0 atom stereocenters. The quantitative estimate of drug-likeness (QED) is 0.704. The fraction of sp³-hybridized carbons (Fsp3) is 0.476. The van der Waals surface area contributed by atoms with E-state index in [-0.39, 0.29) is 11.4 Å². The minimum absolute atomic E-state index is 0.0213. The molecule has 1 heterocycles. The monoisotopic (exact) mass is 389 g/mol. The Bertz CT molecular complexity index is 837. The molecule has 1 N–H and O–H groups in total. The van der Waals surface area contributed by atoms with Crippen LogP contribution in [0.5, 0.6) is 0 Å². The maximum absolute atomic E-state index is 12.9. The lowest BCUT2D eigenvalue weighted by Gasteiger charge is -2.56. The maximum Gasteiger partial charge on any atom is 0.287 e. The lowest BCUT2D eigenvalue weighted by molar-refractivity contribution is -0.0171. The summed E-state index contributed by atoms with van der Waals surface area (Å²) in [5.41, 5.74) is 0.681. The Hall–Kier alpha value is -1.45. The van der Waals surface area contributed by atoms with Crippen molar-refractivity contribution in [3.63, 3.8) is 0 Å². The third-order valence-corrected chi connectivity index (χ3v) is 7.28. The molecule has 0 unspecified atom stereocenters. The Labute approximate surface area is 163 Å². The van der Waals surface area contributed by atoms with Gasteiger partial charge in [0.1, 0.15) is 5.76 Å². The van der Waals surface area contributed by atoms with Crippen molar-refractivity contribution in [3.05, 3.63) is 46.1 Å². The molecule has 0 radical (unpaired) electrons. The van der Waals surface area contributed by atoms with Crippen LogP contribution in [0, 0.1) is 17.8 Å². The van der Waals surface area contributed by atoms with Gasteiger partial charge in [-0.2, -0.15) is 0 Å². The summed E-state index contributed by atoms with van der Waals surface area (Å²) in [5.74, 6) is 3.16. The Morgan fingerprint density at radius 1 is 1.00 bits per heavy atom. The number of rotatable bonds is 3. The Kier molecular flexibility index (Phi) is 3.88. The standard InChI is InChI=1S/C21H21Cl2NO2/c22-16-3-1-2-15(19(16)23)17-4-5-18(26-17)20(25)24-21-9-12-6-13(10-21)8-14(7-12)11-21/h1-5,12-14H,6-11H2,(H,24,25). The van der Waals surface area contributed by atoms with Gasteiger partial charge in [0.2, 0.25) is 0 Å². The fourth-order valence-electron chi connectivity index (χ4n) is 5.86. The van der Waals surface area contributed by atoms with Gasteiger partial charge in [0.05, 0.1) is 10.0 Å². The SMILES string of the molecule is O=C(NC12CC3CC(CC(C3)C1)C2)c1ccc(-c2cccc(Cl)c2Cl)o1. The summed E-state index contributed by atoms with van der Waals surface area (Å²) in [4.78, 5) is 12.9. The highest BCUT2D eigenvalue weighted by Gasteiger charge is 2.51. The highest BCUT2D eigenvalue weighted by Crippen LogP contribution is 2.55. The second-order valence-corrected chi connectivity index (χ2v) is 9.20. The lowest BCUT2D eigenvalue weighted by atomic mass is 9.53. The van der Waals surface area contributed by atoms with Crippen LogP contribution in [0.1, 0.15) is 49.1 Å². The molecule has 2 aromatic rings. The number of hydrogen-bond donors (Lipinski definition) is 1. The van der Waals surface area contributed by atoms with E-state index in [4.69, 9.17) is 27.6 Å². The molecule has 1 aromatic heterocycles. The highest BCUT2D eigenvalue weighted by molar-refractivity contribution is 6.43. The summed E-state index contributed by atoms with van der Waals surface area (Å²) in [6.45, 7) is 0. The number of benzene rings is 1. The van der Waals surface area contributed by atoms with E-state index in [9.17, 15) is 4.79 Å². The molecule has 0 aliphatic heterocycles. The van der Waals surface area contributed by atoms with E-state index in [1.54, 1.807) is 18.2 Å². The first-order chi connectivity index (χ1) is 12.5. The van der Waals surface area contributed by atoms with Gasteiger partial charge in [-0.05, 0) is 80.5 Å². The molecular formula is C21H21Cl2NO2. The van der Waals surface area contributed by atoms with Crippen molar-refractivity contribution in [3.8, 4) is 11.3 Å². The number of halogens is 2. The molecule has 1 aromatic carbocycles. The molecule has 3 nitrogen and oxygen atoms in total. The maximum atomic E-state index is 12.9. The third-order valence-electron chi connectivity index (χ3n) is 6.46. The summed E-state index contributed by atoms with van der Waals surface area (Å²) in [5, 5.41) is 4.25. The molecule has 4 aliphatic rings. The second-order valence-electron chi connectivity index (χ2n) is 8.42. The molecule has 0 spiro atoms. The van der Waals surface area contributed by atoms with E-state index in [0.717, 1.165) is 37.0 Å². The normalized spacial score (nSPS) is 32.0. The van der Waals surface area contributed by atoms with Crippen LogP contribution in [-0.4, -0.2) is 11.4 Å². The van der Waals surface area contributed by atoms with Crippen LogP contribution in [0.15, 0.2) is 34.7 Å². The fourth-order valence-corrected chi connectivity index (χ4v) is 6.26. The Morgan fingerprint density at radius 3 is 2.31 bits per heavy atom. The predicted molar refractivity (Wildman–Crippen MR) is 103 cm³/mol. The van der Waals surface area contributed by atoms with Crippen LogP contribution in [-0.2, 0) is 0 Å². The second kappa shape index (κ2) is 6.03. The van der Waals surface area contributed by atoms with E-state index >= 15 is 0 Å². The van der Waals surface area contributed by atoms with Crippen LogP contribution < -0.4 is 5.32 Å². The summed E-state index contributed by atoms with van der Waals surface area (Å²) in [6.07, 6.45) is 7.43. The van der Waals surface area contributed by atoms with Crippen LogP contribution >= 0.6 is 23.2 Å². The lowest BCUT2D eigenvalue weighted by Crippen LogP contribution is -2.59. The Balaban J connectivity index is 1.37. The minimum Gasteiger partial charge on any atom is -0.451 e. The number of nitrogens with one attached hydrogen (secondary N) is 1. The number of carbonyl (C=O) groups excluding carboxylic acids is 1. The molecule has 4 saturated carbocycles. The van der Waals surface area contributed by atoms with Gasteiger partial charge in [0, 0.05) is 11.1 Å². The average molecular weight is 390 g/mol. The van der Waals surface area contributed by atoms with Crippen molar-refractivity contribution >= 4 is 29.1 Å². The van der Waals surface area contributed by atoms with E-state index < -0.39 is 0 Å². The molecule has 136 valence electrons. The van der Waals surface area contributed by atoms with Gasteiger partial charge in [-0.3, -0.25) is 4.79 Å². The van der Waals surface area contributed by atoms with E-state index in [0.29, 0.717) is 27.1 Å². The first-order valence-electron chi connectivity index (χ1n) is 9.38. The smallest absolute Gasteiger partial charge is 0.287 e. The number of carbonyl (C=O) groups is 1. The Morgan fingerprint density at radius 2 is 1.65 bits per heavy atom. The zero-order valence-corrected chi connectivity index (χ0v) is 15.9. The van der Waals surface area contributed by atoms with E-state index in [1.807, 2.05) is 12.1 Å². The molecule has 0 saturated heterocycles. The molecule has 26 heavy (non-hydrogen) atoms. The number of hydrogen-bond acceptors (Lipinski definition) is 2. The summed E-state index contributed by atoms with van der Waals surface area (Å²) < 4.78 is 5.83. The van der Waals surface area contributed by atoms with Gasteiger partial charge in [-0.25, -0.2) is 0 Å². The molecule has 4 fully saturated rings. The van der Waals surface area contributed by atoms with Crippen molar-refractivity contribution in [2.45, 2.75) is 44.1 Å². The van der Waals surface area contributed by atoms with Gasteiger partial charge < -0.3 is 9.73 Å². The molecule has 6 rings (SSSR count). The zero-order valence-electron chi connectivity index (χ0n) is 14.4. The third kappa shape index (κ3) is 2.76. The topological polar surface area (TPSA) is 42.2 Å². The molecule has 5 heteroatoms. The molecule has 4 aliphatic carbocycles. The summed E-state index contributed by atoms with van der Waals surface area (Å²) >= 11 is 12.4. The molecular weight excluding hydrogens is 369 g/mol. The van der Waals surface area contributed by atoms with Crippen molar-refractivity contribution < 1.29 is 9.21 Å². The predicted octanol–water partition coefficient (Wildman–Crippen LogP) is 5.95. The number of amides is 1. The molecule has 4 bridgehead atoms.